The van der Waals surface area contributed by atoms with Gasteiger partial charge in [-0.2, -0.15) is 0 Å². The summed E-state index contributed by atoms with van der Waals surface area (Å²) < 4.78 is 0. The summed E-state index contributed by atoms with van der Waals surface area (Å²) in [5.41, 5.74) is 9.02. The Morgan fingerprint density at radius 1 is 1.17 bits per heavy atom. The predicted octanol–water partition coefficient (Wildman–Crippen LogP) is 2.07. The van der Waals surface area contributed by atoms with Crippen LogP contribution >= 0.6 is 0 Å². The van der Waals surface area contributed by atoms with Crippen molar-refractivity contribution in [3.05, 3.63) is 54.0 Å². The molecular formula is C17H17N5O. The SMILES string of the molecule is CNC(=O)c1c(-c2ccccn2)c(C(C)N)nc2ncccc12. The minimum absolute atomic E-state index is 0.215. The summed E-state index contributed by atoms with van der Waals surface area (Å²) in [6.45, 7) is 1.83. The molecule has 1 atom stereocenters. The lowest BCUT2D eigenvalue weighted by Crippen LogP contribution is -2.22. The second kappa shape index (κ2) is 6.10. The van der Waals surface area contributed by atoms with Crippen LogP contribution in [0.5, 0.6) is 0 Å². The van der Waals surface area contributed by atoms with Gasteiger partial charge in [0.15, 0.2) is 5.65 Å². The minimum atomic E-state index is -0.359. The number of nitrogens with one attached hydrogen (secondary N) is 1. The van der Waals surface area contributed by atoms with Crippen molar-refractivity contribution < 1.29 is 4.79 Å². The summed E-state index contributed by atoms with van der Waals surface area (Å²) in [6.07, 6.45) is 3.33. The van der Waals surface area contributed by atoms with Crippen LogP contribution < -0.4 is 11.1 Å². The smallest absolute Gasteiger partial charge is 0.252 e. The number of rotatable bonds is 3. The molecule has 0 aliphatic carbocycles. The maximum absolute atomic E-state index is 12.6. The number of carbonyl (C=O) groups is 1. The van der Waals surface area contributed by atoms with Gasteiger partial charge in [0, 0.05) is 36.4 Å². The standard InChI is InChI=1S/C17H17N5O/c1-10(18)15-14(12-7-3-4-8-20-12)13(17(23)19-2)11-6-5-9-21-16(11)22-15/h3-10H,18H2,1-2H3,(H,19,23). The number of hydrogen-bond donors (Lipinski definition) is 2. The van der Waals surface area contributed by atoms with E-state index < -0.39 is 0 Å². The lowest BCUT2D eigenvalue weighted by Gasteiger charge is -2.17. The molecule has 0 aliphatic heterocycles. The van der Waals surface area contributed by atoms with Crippen molar-refractivity contribution in [2.24, 2.45) is 5.73 Å². The lowest BCUT2D eigenvalue weighted by molar-refractivity contribution is 0.0965. The van der Waals surface area contributed by atoms with E-state index in [0.29, 0.717) is 33.5 Å². The van der Waals surface area contributed by atoms with Crippen LogP contribution in [0.15, 0.2) is 42.7 Å². The van der Waals surface area contributed by atoms with Crippen LogP contribution in [0, 0.1) is 0 Å². The molecule has 0 aromatic carbocycles. The fourth-order valence-electron chi connectivity index (χ4n) is 2.57. The van der Waals surface area contributed by atoms with Crippen molar-refractivity contribution in [2.75, 3.05) is 7.05 Å². The van der Waals surface area contributed by atoms with Crippen LogP contribution in [0.2, 0.25) is 0 Å². The number of amides is 1. The van der Waals surface area contributed by atoms with Gasteiger partial charge in [-0.1, -0.05) is 6.07 Å². The zero-order chi connectivity index (χ0) is 16.4. The molecule has 1 amide bonds. The zero-order valence-electron chi connectivity index (χ0n) is 12.9. The molecule has 23 heavy (non-hydrogen) atoms. The molecule has 0 fully saturated rings. The molecule has 0 spiro atoms. The Morgan fingerprint density at radius 2 is 1.96 bits per heavy atom. The van der Waals surface area contributed by atoms with Gasteiger partial charge in [0.1, 0.15) is 0 Å². The Hall–Kier alpha value is -2.86. The first-order valence-electron chi connectivity index (χ1n) is 7.31. The molecule has 0 saturated carbocycles. The topological polar surface area (TPSA) is 93.8 Å². The third-order valence-corrected chi connectivity index (χ3v) is 3.59. The molecule has 6 heteroatoms. The first-order chi connectivity index (χ1) is 11.1. The summed E-state index contributed by atoms with van der Waals surface area (Å²) in [5, 5.41) is 3.36. The molecule has 6 nitrogen and oxygen atoms in total. The van der Waals surface area contributed by atoms with Crippen LogP contribution in [0.1, 0.15) is 29.0 Å². The molecule has 0 aliphatic rings. The molecular weight excluding hydrogens is 290 g/mol. The number of aromatic nitrogens is 3. The zero-order valence-corrected chi connectivity index (χ0v) is 12.9. The van der Waals surface area contributed by atoms with E-state index in [1.54, 1.807) is 25.5 Å². The van der Waals surface area contributed by atoms with Crippen molar-refractivity contribution in [2.45, 2.75) is 13.0 Å². The highest BCUT2D eigenvalue weighted by molar-refractivity contribution is 6.11. The van der Waals surface area contributed by atoms with Gasteiger partial charge in [-0.3, -0.25) is 9.78 Å². The largest absolute Gasteiger partial charge is 0.355 e. The van der Waals surface area contributed by atoms with E-state index in [4.69, 9.17) is 5.73 Å². The highest BCUT2D eigenvalue weighted by Crippen LogP contribution is 2.32. The third-order valence-electron chi connectivity index (χ3n) is 3.59. The second-order valence-corrected chi connectivity index (χ2v) is 5.20. The number of carbonyl (C=O) groups excluding carboxylic acids is 1. The van der Waals surface area contributed by atoms with Crippen molar-refractivity contribution in [1.82, 2.24) is 20.3 Å². The Kier molecular flexibility index (Phi) is 3.99. The van der Waals surface area contributed by atoms with E-state index in [9.17, 15) is 4.79 Å². The molecule has 3 rings (SSSR count). The molecule has 3 N–H and O–H groups in total. The fraction of sp³-hybridized carbons (Fsp3) is 0.176. The number of pyridine rings is 3. The number of nitrogens with two attached hydrogens (primary N) is 1. The van der Waals surface area contributed by atoms with Crippen molar-refractivity contribution in [1.29, 1.82) is 0 Å². The Labute approximate surface area is 133 Å². The minimum Gasteiger partial charge on any atom is -0.355 e. The monoisotopic (exact) mass is 307 g/mol. The van der Waals surface area contributed by atoms with Gasteiger partial charge in [-0.25, -0.2) is 9.97 Å². The van der Waals surface area contributed by atoms with Crippen molar-refractivity contribution in [3.8, 4) is 11.3 Å². The summed E-state index contributed by atoms with van der Waals surface area (Å²) >= 11 is 0. The maximum atomic E-state index is 12.6. The Bertz CT molecular complexity index is 861. The second-order valence-electron chi connectivity index (χ2n) is 5.20. The Balaban J connectivity index is 2.47. The molecule has 3 aromatic rings. The maximum Gasteiger partial charge on any atom is 0.252 e. The molecule has 0 radical (unpaired) electrons. The van der Waals surface area contributed by atoms with Gasteiger partial charge in [0.2, 0.25) is 0 Å². The summed E-state index contributed by atoms with van der Waals surface area (Å²) in [4.78, 5) is 25.8. The van der Waals surface area contributed by atoms with Crippen LogP contribution in [0.4, 0.5) is 0 Å². The quantitative estimate of drug-likeness (QED) is 0.772. The van der Waals surface area contributed by atoms with Gasteiger partial charge in [-0.15, -0.1) is 0 Å². The van der Waals surface area contributed by atoms with Gasteiger partial charge >= 0.3 is 0 Å². The van der Waals surface area contributed by atoms with Crippen molar-refractivity contribution >= 4 is 16.9 Å². The van der Waals surface area contributed by atoms with Crippen LogP contribution in [-0.4, -0.2) is 27.9 Å². The first-order valence-corrected chi connectivity index (χ1v) is 7.31. The third kappa shape index (κ3) is 2.64. The van der Waals surface area contributed by atoms with E-state index in [1.165, 1.54) is 0 Å². The summed E-state index contributed by atoms with van der Waals surface area (Å²) in [5.74, 6) is -0.215. The van der Waals surface area contributed by atoms with Crippen LogP contribution in [0.25, 0.3) is 22.3 Å². The molecule has 0 saturated heterocycles. The summed E-state index contributed by atoms with van der Waals surface area (Å²) in [6, 6.07) is 8.79. The lowest BCUT2D eigenvalue weighted by atomic mass is 9.95. The van der Waals surface area contributed by atoms with Gasteiger partial charge in [0.25, 0.3) is 5.91 Å². The fourth-order valence-corrected chi connectivity index (χ4v) is 2.57. The predicted molar refractivity (Wildman–Crippen MR) is 88.8 cm³/mol. The number of hydrogen-bond acceptors (Lipinski definition) is 5. The highest BCUT2D eigenvalue weighted by atomic mass is 16.1. The van der Waals surface area contributed by atoms with E-state index in [1.807, 2.05) is 31.2 Å². The Morgan fingerprint density at radius 3 is 2.61 bits per heavy atom. The van der Waals surface area contributed by atoms with Crippen molar-refractivity contribution in [3.63, 3.8) is 0 Å². The molecule has 1 unspecified atom stereocenters. The first kappa shape index (κ1) is 15.1. The van der Waals surface area contributed by atoms with Crippen LogP contribution in [0.3, 0.4) is 0 Å². The summed E-state index contributed by atoms with van der Waals surface area (Å²) in [7, 11) is 1.60. The molecule has 3 aromatic heterocycles. The molecule has 3 heterocycles. The van der Waals surface area contributed by atoms with E-state index in [-0.39, 0.29) is 11.9 Å². The molecule has 0 bridgehead atoms. The average Bonchev–Trinajstić information content (AvgIpc) is 2.60. The normalized spacial score (nSPS) is 12.1. The highest BCUT2D eigenvalue weighted by Gasteiger charge is 2.23. The number of nitrogens with zero attached hydrogens (tertiary/aromatic N) is 3. The van der Waals surface area contributed by atoms with E-state index in [0.717, 1.165) is 0 Å². The van der Waals surface area contributed by atoms with Gasteiger partial charge < -0.3 is 11.1 Å². The van der Waals surface area contributed by atoms with Gasteiger partial charge in [-0.05, 0) is 31.2 Å². The number of fused-ring (bicyclic) bond motifs is 1. The van der Waals surface area contributed by atoms with Gasteiger partial charge in [0.05, 0.1) is 17.0 Å². The molecule has 116 valence electrons. The average molecular weight is 307 g/mol. The van der Waals surface area contributed by atoms with Crippen LogP contribution in [-0.2, 0) is 0 Å². The van der Waals surface area contributed by atoms with E-state index in [2.05, 4.69) is 20.3 Å². The van der Waals surface area contributed by atoms with E-state index >= 15 is 0 Å².